The van der Waals surface area contributed by atoms with Gasteiger partial charge >= 0.3 is 11.9 Å². The molecule has 5 nitrogen and oxygen atoms in total. The third kappa shape index (κ3) is 2.71. The second kappa shape index (κ2) is 6.59. The number of ether oxygens (including phenoxy) is 2. The van der Waals surface area contributed by atoms with Crippen LogP contribution in [0.4, 0.5) is 0 Å². The molecule has 0 radical (unpaired) electrons. The van der Waals surface area contributed by atoms with Crippen molar-refractivity contribution in [2.75, 3.05) is 13.7 Å². The number of carbonyl (C=O) groups is 3. The Morgan fingerprint density at radius 2 is 1.86 bits per heavy atom. The van der Waals surface area contributed by atoms with Crippen LogP contribution in [0.2, 0.25) is 0 Å². The third-order valence-electron chi connectivity index (χ3n) is 9.40. The van der Waals surface area contributed by atoms with Gasteiger partial charge in [0, 0.05) is 12.3 Å². The predicted molar refractivity (Wildman–Crippen MR) is 106 cm³/mol. The molecule has 0 aromatic carbocycles. The first-order chi connectivity index (χ1) is 13.7. The van der Waals surface area contributed by atoms with Crippen LogP contribution in [0, 0.1) is 45.8 Å². The smallest absolute Gasteiger partial charge is 0.384 e. The molecule has 0 heterocycles. The first-order valence-electron chi connectivity index (χ1n) is 10.9. The van der Waals surface area contributed by atoms with Crippen molar-refractivity contribution in [1.82, 2.24) is 0 Å². The third-order valence-corrected chi connectivity index (χ3v) is 9.40. The molecule has 29 heavy (non-hydrogen) atoms. The number of methoxy groups -OCH3 is 1. The van der Waals surface area contributed by atoms with Crippen molar-refractivity contribution in [3.05, 3.63) is 0 Å². The first-order valence-corrected chi connectivity index (χ1v) is 10.9. The Morgan fingerprint density at radius 3 is 2.55 bits per heavy atom. The number of hydrogen-bond acceptors (Lipinski definition) is 5. The number of esters is 2. The summed E-state index contributed by atoms with van der Waals surface area (Å²) in [6, 6.07) is 0. The Kier molecular flexibility index (Phi) is 4.64. The Labute approximate surface area is 173 Å². The number of rotatable bonds is 3. The highest BCUT2D eigenvalue weighted by atomic mass is 16.5. The molecule has 4 saturated carbocycles. The fourth-order valence-corrected chi connectivity index (χ4v) is 8.26. The van der Waals surface area contributed by atoms with E-state index in [2.05, 4.69) is 13.8 Å². The monoisotopic (exact) mass is 400 g/mol. The molecule has 2 bridgehead atoms. The van der Waals surface area contributed by atoms with Gasteiger partial charge in [0.2, 0.25) is 0 Å². The number of ketones is 1. The van der Waals surface area contributed by atoms with E-state index >= 15 is 0 Å². The summed E-state index contributed by atoms with van der Waals surface area (Å²) in [5.74, 6) is 2.15. The summed E-state index contributed by atoms with van der Waals surface area (Å²) in [7, 11) is 1.49. The van der Waals surface area contributed by atoms with Crippen LogP contribution in [0.5, 0.6) is 0 Å². The van der Waals surface area contributed by atoms with E-state index in [1.807, 2.05) is 5.92 Å². The number of carbonyl (C=O) groups excluding carboxylic acids is 3. The molecule has 3 unspecified atom stereocenters. The first kappa shape index (κ1) is 20.4. The molecule has 1 spiro atoms. The number of hydrogen-bond donors (Lipinski definition) is 0. The predicted octanol–water partition coefficient (Wildman–Crippen LogP) is 3.69. The van der Waals surface area contributed by atoms with E-state index in [1.54, 1.807) is 0 Å². The molecule has 6 atom stereocenters. The maximum atomic E-state index is 13.2. The maximum Gasteiger partial charge on any atom is 0.384 e. The van der Waals surface area contributed by atoms with Gasteiger partial charge in [-0.05, 0) is 74.5 Å². The van der Waals surface area contributed by atoms with Gasteiger partial charge in [0.25, 0.3) is 0 Å². The molecular weight excluding hydrogens is 368 g/mol. The topological polar surface area (TPSA) is 69.7 Å². The SMILES string of the molecule is C#CC(=O)OC[C@@]12CCC3C(CCC4[C@@]3(C)CCC[C@@]4(C)C(=O)OC)(CC1=O)C2. The molecule has 0 amide bonds. The van der Waals surface area contributed by atoms with Crippen LogP contribution >= 0.6 is 0 Å². The quantitative estimate of drug-likeness (QED) is 0.411. The van der Waals surface area contributed by atoms with Gasteiger partial charge in [0.15, 0.2) is 0 Å². The Hall–Kier alpha value is -1.83. The van der Waals surface area contributed by atoms with Gasteiger partial charge < -0.3 is 9.47 Å². The zero-order valence-electron chi connectivity index (χ0n) is 17.8. The second-order valence-electron chi connectivity index (χ2n) is 10.6. The van der Waals surface area contributed by atoms with E-state index in [0.29, 0.717) is 12.3 Å². The van der Waals surface area contributed by atoms with Crippen molar-refractivity contribution in [1.29, 1.82) is 0 Å². The molecule has 158 valence electrons. The number of terminal acetylenes is 1. The van der Waals surface area contributed by atoms with Crippen LogP contribution in [0.1, 0.15) is 71.6 Å². The highest BCUT2D eigenvalue weighted by molar-refractivity contribution is 5.90. The standard InChI is InChI=1S/C24H32O5/c1-5-19(26)29-15-24-12-8-17-21(2)9-6-10-22(3,20(27)28-4)16(21)7-11-23(17,14-24)13-18(24)25/h1,16-17H,6-15H2,2-4H3/t16?,17?,21-,22-,23?,24+/m1/s1. The Bertz CT molecular complexity index is 796. The summed E-state index contributed by atoms with van der Waals surface area (Å²) >= 11 is 0. The molecule has 0 aliphatic heterocycles. The zero-order valence-corrected chi connectivity index (χ0v) is 17.8. The van der Waals surface area contributed by atoms with E-state index < -0.39 is 16.8 Å². The van der Waals surface area contributed by atoms with Crippen LogP contribution in [0.15, 0.2) is 0 Å². The summed E-state index contributed by atoms with van der Waals surface area (Å²) < 4.78 is 10.5. The van der Waals surface area contributed by atoms with Gasteiger partial charge in [0.1, 0.15) is 12.4 Å². The molecule has 0 aromatic heterocycles. The molecule has 5 heteroatoms. The average Bonchev–Trinajstić information content (AvgIpc) is 2.90. The molecular formula is C24H32O5. The summed E-state index contributed by atoms with van der Waals surface area (Å²) in [6.07, 6.45) is 13.1. The molecule has 0 aromatic rings. The minimum Gasteiger partial charge on any atom is -0.469 e. The maximum absolute atomic E-state index is 13.2. The fourth-order valence-electron chi connectivity index (χ4n) is 8.26. The lowest BCUT2D eigenvalue weighted by Crippen LogP contribution is -2.59. The Morgan fingerprint density at radius 1 is 1.14 bits per heavy atom. The van der Waals surface area contributed by atoms with Crippen LogP contribution < -0.4 is 0 Å². The lowest BCUT2D eigenvalue weighted by molar-refractivity contribution is -0.187. The summed E-state index contributed by atoms with van der Waals surface area (Å²) in [4.78, 5) is 37.4. The van der Waals surface area contributed by atoms with E-state index in [-0.39, 0.29) is 35.1 Å². The highest BCUT2D eigenvalue weighted by Crippen LogP contribution is 2.73. The molecule has 4 fully saturated rings. The van der Waals surface area contributed by atoms with E-state index in [9.17, 15) is 14.4 Å². The molecule has 4 rings (SSSR count). The summed E-state index contributed by atoms with van der Waals surface area (Å²) in [5, 5.41) is 0. The van der Waals surface area contributed by atoms with E-state index in [0.717, 1.165) is 51.4 Å². The van der Waals surface area contributed by atoms with Crippen LogP contribution in [-0.4, -0.2) is 31.4 Å². The molecule has 0 N–H and O–H groups in total. The fraction of sp³-hybridized carbons (Fsp3) is 0.792. The number of Topliss-reactive ketones (excluding diaryl/α,β-unsaturated/α-hetero) is 1. The van der Waals surface area contributed by atoms with Gasteiger partial charge in [-0.1, -0.05) is 13.3 Å². The summed E-state index contributed by atoms with van der Waals surface area (Å²) in [6.45, 7) is 4.56. The van der Waals surface area contributed by atoms with Gasteiger partial charge in [0.05, 0.1) is 17.9 Å². The average molecular weight is 401 g/mol. The van der Waals surface area contributed by atoms with Crippen molar-refractivity contribution >= 4 is 17.7 Å². The van der Waals surface area contributed by atoms with Crippen LogP contribution in [-0.2, 0) is 23.9 Å². The van der Waals surface area contributed by atoms with Crippen molar-refractivity contribution in [3.8, 4) is 12.3 Å². The van der Waals surface area contributed by atoms with Gasteiger partial charge in [-0.3, -0.25) is 9.59 Å². The molecule has 4 aliphatic rings. The van der Waals surface area contributed by atoms with Crippen molar-refractivity contribution < 1.29 is 23.9 Å². The van der Waals surface area contributed by atoms with Gasteiger partial charge in [-0.15, -0.1) is 6.42 Å². The lowest BCUT2D eigenvalue weighted by atomic mass is 9.40. The van der Waals surface area contributed by atoms with Gasteiger partial charge in [-0.2, -0.15) is 0 Å². The van der Waals surface area contributed by atoms with Crippen LogP contribution in [0.25, 0.3) is 0 Å². The van der Waals surface area contributed by atoms with Crippen molar-refractivity contribution in [2.24, 2.45) is 33.5 Å². The second-order valence-corrected chi connectivity index (χ2v) is 10.6. The minimum atomic E-state index is -0.688. The lowest BCUT2D eigenvalue weighted by Gasteiger charge is -2.63. The van der Waals surface area contributed by atoms with E-state index in [4.69, 9.17) is 15.9 Å². The van der Waals surface area contributed by atoms with Crippen molar-refractivity contribution in [3.63, 3.8) is 0 Å². The minimum absolute atomic E-state index is 0.0303. The largest absolute Gasteiger partial charge is 0.469 e. The highest BCUT2D eigenvalue weighted by Gasteiger charge is 2.69. The Balaban J connectivity index is 1.64. The zero-order chi connectivity index (χ0) is 21.1. The normalized spacial score (nSPS) is 45.5. The van der Waals surface area contributed by atoms with Gasteiger partial charge in [-0.25, -0.2) is 4.79 Å². The molecule has 4 aliphatic carbocycles. The molecule has 0 saturated heterocycles. The summed E-state index contributed by atoms with van der Waals surface area (Å²) in [5.41, 5.74) is -1.00. The van der Waals surface area contributed by atoms with Crippen molar-refractivity contribution in [2.45, 2.75) is 71.6 Å². The van der Waals surface area contributed by atoms with E-state index in [1.165, 1.54) is 7.11 Å². The van der Waals surface area contributed by atoms with Crippen LogP contribution in [0.3, 0.4) is 0 Å². The number of fused-ring (bicyclic) bond motifs is 3.